The molecule has 1 aliphatic heterocycles. The molecule has 4 atom stereocenters. The molecule has 32 heavy (non-hydrogen) atoms. The molecular weight excluding hydrogens is 583 g/mol. The zero-order valence-corrected chi connectivity index (χ0v) is 21.2. The van der Waals surface area contributed by atoms with Crippen LogP contribution >= 0.6 is 55.1 Å². The van der Waals surface area contributed by atoms with Crippen LogP contribution in [0, 0.1) is 23.7 Å². The van der Waals surface area contributed by atoms with Crippen LogP contribution < -0.4 is 4.74 Å². The summed E-state index contributed by atoms with van der Waals surface area (Å²) in [6, 6.07) is 8.86. The van der Waals surface area contributed by atoms with E-state index >= 15 is 0 Å². The number of fused-ring (bicyclic) bond motifs is 5. The van der Waals surface area contributed by atoms with Crippen LogP contribution in [0.2, 0.25) is 10.0 Å². The van der Waals surface area contributed by atoms with E-state index in [-0.39, 0.29) is 42.1 Å². The van der Waals surface area contributed by atoms with Gasteiger partial charge in [0.25, 0.3) is 11.8 Å². The number of ether oxygens (including phenoxy) is 1. The van der Waals surface area contributed by atoms with E-state index in [9.17, 15) is 9.59 Å². The van der Waals surface area contributed by atoms with Crippen molar-refractivity contribution in [2.24, 2.45) is 28.8 Å². The van der Waals surface area contributed by atoms with Gasteiger partial charge in [-0.2, -0.15) is 10.1 Å². The van der Waals surface area contributed by atoms with Crippen LogP contribution in [0.5, 0.6) is 5.75 Å². The molecule has 2 amide bonds. The number of carbonyl (C=O) groups excluding carboxylic acids is 2. The Balaban J connectivity index is 1.31. The molecule has 3 aliphatic rings. The predicted octanol–water partition coefficient (Wildman–Crippen LogP) is 6.24. The summed E-state index contributed by atoms with van der Waals surface area (Å²) >= 11 is 19.2. The Morgan fingerprint density at radius 2 is 1.66 bits per heavy atom. The summed E-state index contributed by atoms with van der Waals surface area (Å²) < 4.78 is 7.31. The SMILES string of the molecule is O=C1[C@H]2[C@H](C(=O)N1/N=C\c1cc(Br)c(OCc3ccc(Cl)cc3Cl)c(Br)c1)[C@H]1C=C[C@H]2C1. The van der Waals surface area contributed by atoms with Crippen LogP contribution in [-0.4, -0.2) is 23.0 Å². The van der Waals surface area contributed by atoms with Crippen molar-refractivity contribution in [3.05, 3.63) is 72.6 Å². The molecule has 0 aromatic heterocycles. The first-order valence-electron chi connectivity index (χ1n) is 9.99. The number of halogens is 4. The Hall–Kier alpha value is -1.67. The van der Waals surface area contributed by atoms with E-state index in [0.29, 0.717) is 30.3 Å². The molecule has 2 aromatic carbocycles. The average molecular weight is 599 g/mol. The fraction of sp³-hybridized carbons (Fsp3) is 0.261. The van der Waals surface area contributed by atoms with Gasteiger partial charge >= 0.3 is 0 Å². The molecular formula is C23H16Br2Cl2N2O3. The molecule has 5 rings (SSSR count). The van der Waals surface area contributed by atoms with Gasteiger partial charge in [0.1, 0.15) is 12.4 Å². The molecule has 0 spiro atoms. The van der Waals surface area contributed by atoms with E-state index < -0.39 is 0 Å². The summed E-state index contributed by atoms with van der Waals surface area (Å²) in [6.07, 6.45) is 6.54. The summed E-state index contributed by atoms with van der Waals surface area (Å²) in [6.45, 7) is 0.260. The van der Waals surface area contributed by atoms with Crippen LogP contribution in [0.1, 0.15) is 17.5 Å². The summed E-state index contributed by atoms with van der Waals surface area (Å²) in [7, 11) is 0. The summed E-state index contributed by atoms with van der Waals surface area (Å²) in [5.74, 6) is -0.00561. The van der Waals surface area contributed by atoms with Crippen LogP contribution in [-0.2, 0) is 16.2 Å². The molecule has 0 unspecified atom stereocenters. The van der Waals surface area contributed by atoms with E-state index in [1.165, 1.54) is 6.21 Å². The van der Waals surface area contributed by atoms with Crippen LogP contribution in [0.4, 0.5) is 0 Å². The average Bonchev–Trinajstić information content (AvgIpc) is 3.42. The molecule has 5 nitrogen and oxygen atoms in total. The number of amides is 2. The van der Waals surface area contributed by atoms with E-state index in [0.717, 1.165) is 17.0 Å². The summed E-state index contributed by atoms with van der Waals surface area (Å²) in [4.78, 5) is 25.5. The fourth-order valence-corrected chi connectivity index (χ4v) is 6.62. The molecule has 1 heterocycles. The van der Waals surface area contributed by atoms with Gasteiger partial charge in [0.2, 0.25) is 0 Å². The third-order valence-corrected chi connectivity index (χ3v) is 7.94. The molecule has 164 valence electrons. The van der Waals surface area contributed by atoms with E-state index in [4.69, 9.17) is 27.9 Å². The number of hydrogen-bond acceptors (Lipinski definition) is 4. The van der Waals surface area contributed by atoms with Gasteiger partial charge in [0, 0.05) is 15.6 Å². The van der Waals surface area contributed by atoms with Crippen molar-refractivity contribution >= 4 is 73.1 Å². The second kappa shape index (κ2) is 8.60. The topological polar surface area (TPSA) is 59.0 Å². The molecule has 2 aliphatic carbocycles. The maximum absolute atomic E-state index is 12.8. The van der Waals surface area contributed by atoms with Gasteiger partial charge in [-0.25, -0.2) is 0 Å². The summed E-state index contributed by atoms with van der Waals surface area (Å²) in [5, 5.41) is 6.36. The van der Waals surface area contributed by atoms with Gasteiger partial charge < -0.3 is 4.74 Å². The molecule has 0 N–H and O–H groups in total. The second-order valence-electron chi connectivity index (χ2n) is 8.07. The zero-order chi connectivity index (χ0) is 22.6. The van der Waals surface area contributed by atoms with Crippen molar-refractivity contribution in [3.8, 4) is 5.75 Å². The van der Waals surface area contributed by atoms with Gasteiger partial charge in [-0.3, -0.25) is 9.59 Å². The third-order valence-electron chi connectivity index (χ3n) is 6.18. The first-order chi connectivity index (χ1) is 15.3. The Labute approximate surface area is 211 Å². The standard InChI is InChI=1S/C23H16Br2Cl2N2O3/c24-16-5-11(6-17(25)21(16)32-10-14-3-4-15(26)8-18(14)27)9-28-29-22(30)19-12-1-2-13(7-12)20(19)23(29)31/h1-6,8-9,12-13,19-20H,7,10H2/b28-9-/t12-,13-,19+,20+/m0/s1. The van der Waals surface area contributed by atoms with Crippen LogP contribution in [0.15, 0.2) is 56.5 Å². The lowest BCUT2D eigenvalue weighted by atomic mass is 9.85. The van der Waals surface area contributed by atoms with E-state index in [1.807, 2.05) is 18.2 Å². The highest BCUT2D eigenvalue weighted by Crippen LogP contribution is 2.52. The fourth-order valence-electron chi connectivity index (χ4n) is 4.71. The summed E-state index contributed by atoms with van der Waals surface area (Å²) in [5.41, 5.74) is 1.51. The Morgan fingerprint density at radius 3 is 2.25 bits per heavy atom. The van der Waals surface area contributed by atoms with Crippen molar-refractivity contribution < 1.29 is 14.3 Å². The van der Waals surface area contributed by atoms with Crippen molar-refractivity contribution in [2.45, 2.75) is 13.0 Å². The largest absolute Gasteiger partial charge is 0.486 e. The Bertz CT molecular complexity index is 1150. The van der Waals surface area contributed by atoms with Crippen molar-refractivity contribution in [2.75, 3.05) is 0 Å². The van der Waals surface area contributed by atoms with E-state index in [1.54, 1.807) is 12.1 Å². The number of imide groups is 1. The first-order valence-corrected chi connectivity index (χ1v) is 12.3. The lowest BCUT2D eigenvalue weighted by Crippen LogP contribution is -2.28. The molecule has 1 saturated heterocycles. The monoisotopic (exact) mass is 596 g/mol. The van der Waals surface area contributed by atoms with Crippen molar-refractivity contribution in [1.82, 2.24) is 5.01 Å². The van der Waals surface area contributed by atoms with Gasteiger partial charge in [-0.15, -0.1) is 0 Å². The minimum Gasteiger partial charge on any atom is -0.486 e. The lowest BCUT2D eigenvalue weighted by Gasteiger charge is -2.13. The quantitative estimate of drug-likeness (QED) is 0.233. The first kappa shape index (κ1) is 22.1. The molecule has 2 bridgehead atoms. The highest BCUT2D eigenvalue weighted by molar-refractivity contribution is 9.11. The minimum absolute atomic E-state index is 0.163. The maximum atomic E-state index is 12.8. The Kier molecular flexibility index (Phi) is 5.95. The predicted molar refractivity (Wildman–Crippen MR) is 130 cm³/mol. The maximum Gasteiger partial charge on any atom is 0.254 e. The molecule has 2 fully saturated rings. The van der Waals surface area contributed by atoms with Gasteiger partial charge in [-0.05, 0) is 79.9 Å². The van der Waals surface area contributed by atoms with Crippen molar-refractivity contribution in [3.63, 3.8) is 0 Å². The number of benzene rings is 2. The van der Waals surface area contributed by atoms with Crippen LogP contribution in [0.25, 0.3) is 0 Å². The zero-order valence-electron chi connectivity index (χ0n) is 16.5. The highest BCUT2D eigenvalue weighted by Gasteiger charge is 2.59. The smallest absolute Gasteiger partial charge is 0.254 e. The van der Waals surface area contributed by atoms with Crippen molar-refractivity contribution in [1.29, 1.82) is 0 Å². The number of hydrogen-bond donors (Lipinski definition) is 0. The number of rotatable bonds is 5. The van der Waals surface area contributed by atoms with Gasteiger partial charge in [0.15, 0.2) is 0 Å². The number of hydrazone groups is 1. The molecule has 9 heteroatoms. The molecule has 2 aromatic rings. The molecule has 0 radical (unpaired) electrons. The third kappa shape index (κ3) is 3.83. The van der Waals surface area contributed by atoms with Gasteiger partial charge in [-0.1, -0.05) is 41.4 Å². The number of carbonyl (C=O) groups is 2. The molecule has 1 saturated carbocycles. The second-order valence-corrected chi connectivity index (χ2v) is 10.6. The van der Waals surface area contributed by atoms with Crippen LogP contribution in [0.3, 0.4) is 0 Å². The Morgan fingerprint density at radius 1 is 1.03 bits per heavy atom. The highest BCUT2D eigenvalue weighted by atomic mass is 79.9. The number of nitrogens with zero attached hydrogens (tertiary/aromatic N) is 2. The normalized spacial score (nSPS) is 25.9. The minimum atomic E-state index is -0.261. The number of allylic oxidation sites excluding steroid dienone is 2. The lowest BCUT2D eigenvalue weighted by molar-refractivity contribution is -0.140. The van der Waals surface area contributed by atoms with Gasteiger partial charge in [0.05, 0.1) is 27.0 Å². The van der Waals surface area contributed by atoms with E-state index in [2.05, 4.69) is 49.1 Å².